The maximum Gasteiger partial charge on any atom is 0.0653 e. The van der Waals surface area contributed by atoms with E-state index in [1.165, 1.54) is 32.1 Å². The highest BCUT2D eigenvalue weighted by molar-refractivity contribution is 5.66. The van der Waals surface area contributed by atoms with E-state index in [0.29, 0.717) is 5.54 Å². The second-order valence-corrected chi connectivity index (χ2v) is 2.95. The Morgan fingerprint density at radius 2 is 1.88 bits per heavy atom. The normalized spacial score (nSPS) is 31.0. The Morgan fingerprint density at radius 3 is 2.12 bits per heavy atom. The number of hydrogen-bond acceptors (Lipinski definition) is 1. The van der Waals surface area contributed by atoms with Crippen LogP contribution in [0.1, 0.15) is 32.1 Å². The summed E-state index contributed by atoms with van der Waals surface area (Å²) >= 11 is 0. The summed E-state index contributed by atoms with van der Waals surface area (Å²) in [5.41, 5.74) is 0.486. The van der Waals surface area contributed by atoms with Crippen LogP contribution in [0.4, 0.5) is 0 Å². The fourth-order valence-corrected chi connectivity index (χ4v) is 1.72. The summed E-state index contributed by atoms with van der Waals surface area (Å²) in [6, 6.07) is 0. The van der Waals surface area contributed by atoms with Crippen molar-refractivity contribution in [3.05, 3.63) is 0 Å². The molecule has 0 aromatic rings. The van der Waals surface area contributed by atoms with E-state index in [2.05, 4.69) is 11.2 Å². The Kier molecular flexibility index (Phi) is 0.758. The van der Waals surface area contributed by atoms with Gasteiger partial charge in [0, 0.05) is 12.6 Å². The summed E-state index contributed by atoms with van der Waals surface area (Å²) in [5.74, 6) is 0. The number of aliphatic imine (C=N–C) groups is 1. The third kappa shape index (κ3) is 0.445. The quantitative estimate of drug-likeness (QED) is 0.449. The van der Waals surface area contributed by atoms with Crippen molar-refractivity contribution in [2.45, 2.75) is 37.6 Å². The Bertz CT molecular complexity index is 120. The highest BCUT2D eigenvalue weighted by Crippen LogP contribution is 2.39. The van der Waals surface area contributed by atoms with Gasteiger partial charge in [-0.15, -0.1) is 0 Å². The molecule has 0 atom stereocenters. The third-order valence-electron chi connectivity index (χ3n) is 2.37. The van der Waals surface area contributed by atoms with Crippen molar-refractivity contribution in [1.29, 1.82) is 0 Å². The monoisotopic (exact) mass is 109 g/mol. The molecule has 1 aliphatic heterocycles. The molecular weight excluding hydrogens is 98.1 g/mol. The van der Waals surface area contributed by atoms with E-state index in [9.17, 15) is 0 Å². The van der Waals surface area contributed by atoms with Crippen molar-refractivity contribution in [1.82, 2.24) is 0 Å². The van der Waals surface area contributed by atoms with Crippen molar-refractivity contribution in [2.75, 3.05) is 0 Å². The van der Waals surface area contributed by atoms with Gasteiger partial charge >= 0.3 is 0 Å². The van der Waals surface area contributed by atoms with E-state index < -0.39 is 0 Å². The average molecular weight is 109 g/mol. The Balaban J connectivity index is 2.14. The summed E-state index contributed by atoms with van der Waals surface area (Å²) in [6.07, 6.45) is 8.89. The van der Waals surface area contributed by atoms with Gasteiger partial charge in [0.05, 0.1) is 5.54 Å². The first-order chi connectivity index (χ1) is 3.91. The highest BCUT2D eigenvalue weighted by atomic mass is 14.9. The molecule has 1 spiro atoms. The van der Waals surface area contributed by atoms with Crippen LogP contribution in [0.2, 0.25) is 0 Å². The van der Waals surface area contributed by atoms with E-state index in [0.717, 1.165) is 0 Å². The van der Waals surface area contributed by atoms with Gasteiger partial charge in [-0.1, -0.05) is 12.8 Å². The summed E-state index contributed by atoms with van der Waals surface area (Å²) in [7, 11) is 0. The molecule has 0 unspecified atom stereocenters. The molecule has 1 saturated carbocycles. The molecule has 8 heavy (non-hydrogen) atoms. The summed E-state index contributed by atoms with van der Waals surface area (Å²) in [6.45, 7) is 0. The van der Waals surface area contributed by atoms with E-state index in [4.69, 9.17) is 0 Å². The van der Waals surface area contributed by atoms with Gasteiger partial charge in [-0.2, -0.15) is 0 Å². The van der Waals surface area contributed by atoms with Crippen LogP contribution in [0.3, 0.4) is 0 Å². The second kappa shape index (κ2) is 1.34. The summed E-state index contributed by atoms with van der Waals surface area (Å²) < 4.78 is 0. The topological polar surface area (TPSA) is 12.4 Å². The van der Waals surface area contributed by atoms with Gasteiger partial charge in [0.1, 0.15) is 0 Å². The number of nitrogens with zero attached hydrogens (tertiary/aromatic N) is 1. The molecule has 0 radical (unpaired) electrons. The first kappa shape index (κ1) is 4.54. The summed E-state index contributed by atoms with van der Waals surface area (Å²) in [5, 5.41) is 0. The van der Waals surface area contributed by atoms with Crippen LogP contribution in [0.15, 0.2) is 4.99 Å². The first-order valence-electron chi connectivity index (χ1n) is 3.45. The fourth-order valence-electron chi connectivity index (χ4n) is 1.72. The molecule has 1 aliphatic carbocycles. The molecule has 1 heterocycles. The molecule has 1 fully saturated rings. The lowest BCUT2D eigenvalue weighted by atomic mass is 9.90. The van der Waals surface area contributed by atoms with Crippen LogP contribution in [0.25, 0.3) is 0 Å². The zero-order valence-corrected chi connectivity index (χ0v) is 5.06. The lowest BCUT2D eigenvalue weighted by Crippen LogP contribution is -2.29. The standard InChI is InChI=1S/C7H11N/c1-2-4-7(3-1)5-6-8-7/h6H,1-5H2. The maximum absolute atomic E-state index is 4.38. The van der Waals surface area contributed by atoms with Gasteiger partial charge in [0.2, 0.25) is 0 Å². The molecule has 2 rings (SSSR count). The third-order valence-corrected chi connectivity index (χ3v) is 2.37. The van der Waals surface area contributed by atoms with Crippen molar-refractivity contribution in [3.63, 3.8) is 0 Å². The van der Waals surface area contributed by atoms with Crippen molar-refractivity contribution < 1.29 is 0 Å². The Hall–Kier alpha value is -0.330. The van der Waals surface area contributed by atoms with Crippen LogP contribution in [0.5, 0.6) is 0 Å². The zero-order valence-electron chi connectivity index (χ0n) is 5.06. The molecule has 0 N–H and O–H groups in total. The molecule has 0 saturated heterocycles. The molecular formula is C7H11N. The lowest BCUT2D eigenvalue weighted by Gasteiger charge is -2.29. The molecule has 1 nitrogen and oxygen atoms in total. The van der Waals surface area contributed by atoms with Crippen LogP contribution in [-0.2, 0) is 0 Å². The Labute approximate surface area is 49.8 Å². The zero-order chi connectivity index (χ0) is 5.45. The minimum atomic E-state index is 0.486. The number of rotatable bonds is 0. The smallest absolute Gasteiger partial charge is 0.0653 e. The minimum absolute atomic E-state index is 0.486. The summed E-state index contributed by atoms with van der Waals surface area (Å²) in [4.78, 5) is 4.38. The van der Waals surface area contributed by atoms with Gasteiger partial charge in [-0.25, -0.2) is 0 Å². The lowest BCUT2D eigenvalue weighted by molar-refractivity contribution is 0.428. The predicted octanol–water partition coefficient (Wildman–Crippen LogP) is 1.77. The van der Waals surface area contributed by atoms with Gasteiger partial charge in [0.15, 0.2) is 0 Å². The van der Waals surface area contributed by atoms with Crippen LogP contribution < -0.4 is 0 Å². The fraction of sp³-hybridized carbons (Fsp3) is 0.857. The maximum atomic E-state index is 4.38. The minimum Gasteiger partial charge on any atom is -0.290 e. The van der Waals surface area contributed by atoms with Crippen LogP contribution in [-0.4, -0.2) is 11.8 Å². The van der Waals surface area contributed by atoms with Crippen molar-refractivity contribution in [2.24, 2.45) is 4.99 Å². The second-order valence-electron chi connectivity index (χ2n) is 2.95. The molecule has 0 aromatic heterocycles. The molecule has 2 aliphatic rings. The van der Waals surface area contributed by atoms with Gasteiger partial charge in [-0.3, -0.25) is 4.99 Å². The van der Waals surface area contributed by atoms with Gasteiger partial charge in [0.25, 0.3) is 0 Å². The Morgan fingerprint density at radius 1 is 1.25 bits per heavy atom. The molecule has 1 heteroatoms. The average Bonchev–Trinajstić information content (AvgIpc) is 2.07. The first-order valence-corrected chi connectivity index (χ1v) is 3.45. The van der Waals surface area contributed by atoms with E-state index in [1.807, 2.05) is 0 Å². The van der Waals surface area contributed by atoms with Gasteiger partial charge in [-0.05, 0) is 12.8 Å². The van der Waals surface area contributed by atoms with E-state index in [1.54, 1.807) is 0 Å². The molecule has 44 valence electrons. The van der Waals surface area contributed by atoms with Crippen LogP contribution >= 0.6 is 0 Å². The van der Waals surface area contributed by atoms with E-state index in [-0.39, 0.29) is 0 Å². The van der Waals surface area contributed by atoms with Crippen molar-refractivity contribution >= 4 is 6.21 Å². The van der Waals surface area contributed by atoms with Crippen molar-refractivity contribution in [3.8, 4) is 0 Å². The van der Waals surface area contributed by atoms with E-state index >= 15 is 0 Å². The predicted molar refractivity (Wildman–Crippen MR) is 34.3 cm³/mol. The van der Waals surface area contributed by atoms with Gasteiger partial charge < -0.3 is 0 Å². The molecule has 0 amide bonds. The SMILES string of the molecule is C1=NC2(C1)CCCC2. The largest absolute Gasteiger partial charge is 0.290 e. The highest BCUT2D eigenvalue weighted by Gasteiger charge is 2.35. The van der Waals surface area contributed by atoms with Crippen LogP contribution in [0, 0.1) is 0 Å². The molecule has 0 aromatic carbocycles. The number of hydrogen-bond donors (Lipinski definition) is 0. The molecule has 0 bridgehead atoms.